The van der Waals surface area contributed by atoms with Gasteiger partial charge in [0.05, 0.1) is 16.6 Å². The highest BCUT2D eigenvalue weighted by Gasteiger charge is 2.39. The van der Waals surface area contributed by atoms with Crippen LogP contribution in [0, 0.1) is 18.8 Å². The van der Waals surface area contributed by atoms with E-state index in [-0.39, 0.29) is 11.8 Å². The lowest BCUT2D eigenvalue weighted by Gasteiger charge is -2.18. The van der Waals surface area contributed by atoms with Crippen LogP contribution in [0.2, 0.25) is 0 Å². The molecule has 2 aliphatic rings. The molecule has 2 aliphatic heterocycles. The lowest BCUT2D eigenvalue weighted by molar-refractivity contribution is 0.0783. The van der Waals surface area contributed by atoms with Crippen LogP contribution in [0.1, 0.15) is 41.5 Å². The van der Waals surface area contributed by atoms with Gasteiger partial charge in [0.15, 0.2) is 0 Å². The van der Waals surface area contributed by atoms with Gasteiger partial charge in [-0.15, -0.1) is 0 Å². The fourth-order valence-electron chi connectivity index (χ4n) is 3.77. The molecule has 1 N–H and O–H groups in total. The van der Waals surface area contributed by atoms with E-state index in [4.69, 9.17) is 4.52 Å². The Balaban J connectivity index is 1.75. The Morgan fingerprint density at radius 3 is 2.70 bits per heavy atom. The Hall–Kier alpha value is -1.95. The van der Waals surface area contributed by atoms with Gasteiger partial charge in [-0.25, -0.2) is 4.98 Å². The number of nitrogens with one attached hydrogen (secondary N) is 1. The molecule has 2 atom stereocenters. The number of hydrogen-bond donors (Lipinski definition) is 1. The molecule has 6 heteroatoms. The quantitative estimate of drug-likeness (QED) is 0.917. The van der Waals surface area contributed by atoms with Crippen molar-refractivity contribution >= 4 is 17.0 Å². The maximum absolute atomic E-state index is 13.1. The van der Waals surface area contributed by atoms with Crippen molar-refractivity contribution < 1.29 is 9.32 Å². The summed E-state index contributed by atoms with van der Waals surface area (Å²) in [5.74, 6) is 1.49. The molecule has 0 saturated carbocycles. The van der Waals surface area contributed by atoms with Crippen LogP contribution in [0.15, 0.2) is 10.6 Å². The van der Waals surface area contributed by atoms with Crippen LogP contribution in [-0.2, 0) is 0 Å². The number of aromatic nitrogens is 2. The standard InChI is InChI=1S/C17H22N4O2/c1-9(2)14-4-13(15-10(3)20-23-16(15)19-14)17(22)21-7-11-5-18-6-12(11)8-21/h4,9,11-12,18H,5-8H2,1-3H3/t11-,12+. The maximum atomic E-state index is 13.1. The summed E-state index contributed by atoms with van der Waals surface area (Å²) in [6.45, 7) is 9.70. The van der Waals surface area contributed by atoms with Crippen molar-refractivity contribution in [1.29, 1.82) is 0 Å². The van der Waals surface area contributed by atoms with Crippen LogP contribution in [0.4, 0.5) is 0 Å². The molecular weight excluding hydrogens is 292 g/mol. The fourth-order valence-corrected chi connectivity index (χ4v) is 3.77. The van der Waals surface area contributed by atoms with Gasteiger partial charge >= 0.3 is 0 Å². The Morgan fingerprint density at radius 2 is 2.04 bits per heavy atom. The third-order valence-corrected chi connectivity index (χ3v) is 5.14. The first kappa shape index (κ1) is 14.6. The lowest BCUT2D eigenvalue weighted by atomic mass is 10.0. The largest absolute Gasteiger partial charge is 0.338 e. The minimum atomic E-state index is 0.0833. The van der Waals surface area contributed by atoms with Gasteiger partial charge in [-0.3, -0.25) is 4.79 Å². The molecule has 122 valence electrons. The van der Waals surface area contributed by atoms with Gasteiger partial charge in [0.1, 0.15) is 0 Å². The Morgan fingerprint density at radius 1 is 1.35 bits per heavy atom. The molecule has 0 spiro atoms. The van der Waals surface area contributed by atoms with Crippen molar-refractivity contribution in [2.75, 3.05) is 26.2 Å². The highest BCUT2D eigenvalue weighted by atomic mass is 16.5. The molecule has 4 heterocycles. The van der Waals surface area contributed by atoms with Crippen LogP contribution < -0.4 is 5.32 Å². The SMILES string of the molecule is Cc1noc2nc(C(C)C)cc(C(=O)N3C[C@H]4CNC[C@H]4C3)c12. The van der Waals surface area contributed by atoms with Crippen molar-refractivity contribution in [3.8, 4) is 0 Å². The van der Waals surface area contributed by atoms with E-state index in [1.807, 2.05) is 17.9 Å². The molecule has 2 aromatic rings. The van der Waals surface area contributed by atoms with Gasteiger partial charge in [0, 0.05) is 31.9 Å². The van der Waals surface area contributed by atoms with E-state index < -0.39 is 0 Å². The van der Waals surface area contributed by atoms with E-state index in [1.165, 1.54) is 0 Å². The molecule has 0 aliphatic carbocycles. The second kappa shape index (κ2) is 5.30. The second-order valence-corrected chi connectivity index (χ2v) is 7.09. The molecule has 4 rings (SSSR count). The zero-order valence-corrected chi connectivity index (χ0v) is 13.8. The predicted octanol–water partition coefficient (Wildman–Crippen LogP) is 1.95. The van der Waals surface area contributed by atoms with E-state index >= 15 is 0 Å². The number of pyridine rings is 1. The van der Waals surface area contributed by atoms with Gasteiger partial charge in [0.25, 0.3) is 11.6 Å². The van der Waals surface area contributed by atoms with Gasteiger partial charge in [-0.1, -0.05) is 19.0 Å². The number of amides is 1. The van der Waals surface area contributed by atoms with E-state index in [0.717, 1.165) is 43.0 Å². The van der Waals surface area contributed by atoms with Crippen LogP contribution >= 0.6 is 0 Å². The zero-order valence-electron chi connectivity index (χ0n) is 13.8. The van der Waals surface area contributed by atoms with E-state index in [0.29, 0.717) is 23.1 Å². The predicted molar refractivity (Wildman–Crippen MR) is 86.4 cm³/mol. The normalized spacial score (nSPS) is 23.9. The van der Waals surface area contributed by atoms with E-state index in [1.54, 1.807) is 0 Å². The zero-order chi connectivity index (χ0) is 16.1. The molecule has 0 aromatic carbocycles. The first-order chi connectivity index (χ1) is 11.0. The first-order valence-electron chi connectivity index (χ1n) is 8.31. The van der Waals surface area contributed by atoms with Crippen molar-refractivity contribution in [3.05, 3.63) is 23.0 Å². The minimum absolute atomic E-state index is 0.0833. The number of likely N-dealkylation sites (tertiary alicyclic amines) is 1. The van der Waals surface area contributed by atoms with Gasteiger partial charge in [-0.2, -0.15) is 0 Å². The molecule has 0 unspecified atom stereocenters. The molecule has 0 bridgehead atoms. The highest BCUT2D eigenvalue weighted by molar-refractivity contribution is 6.06. The summed E-state index contributed by atoms with van der Waals surface area (Å²) in [6, 6.07) is 1.92. The minimum Gasteiger partial charge on any atom is -0.338 e. The van der Waals surface area contributed by atoms with Crippen molar-refractivity contribution in [2.45, 2.75) is 26.7 Å². The third kappa shape index (κ3) is 2.32. The fraction of sp³-hybridized carbons (Fsp3) is 0.588. The van der Waals surface area contributed by atoms with Gasteiger partial charge < -0.3 is 14.7 Å². The second-order valence-electron chi connectivity index (χ2n) is 7.09. The van der Waals surface area contributed by atoms with E-state index in [2.05, 4.69) is 29.3 Å². The summed E-state index contributed by atoms with van der Waals surface area (Å²) in [7, 11) is 0. The molecule has 2 fully saturated rings. The Labute approximate surface area is 135 Å². The Bertz CT molecular complexity index is 755. The number of fused-ring (bicyclic) bond motifs is 2. The van der Waals surface area contributed by atoms with Gasteiger partial charge in [0.2, 0.25) is 0 Å². The highest BCUT2D eigenvalue weighted by Crippen LogP contribution is 2.31. The lowest BCUT2D eigenvalue weighted by Crippen LogP contribution is -2.32. The number of aryl methyl sites for hydroxylation is 1. The van der Waals surface area contributed by atoms with Crippen molar-refractivity contribution in [1.82, 2.24) is 20.4 Å². The number of rotatable bonds is 2. The van der Waals surface area contributed by atoms with Crippen LogP contribution in [0.5, 0.6) is 0 Å². The number of hydrogen-bond acceptors (Lipinski definition) is 5. The van der Waals surface area contributed by atoms with Gasteiger partial charge in [-0.05, 0) is 30.7 Å². The average molecular weight is 314 g/mol. The van der Waals surface area contributed by atoms with Crippen molar-refractivity contribution in [2.24, 2.45) is 11.8 Å². The molecule has 0 radical (unpaired) electrons. The van der Waals surface area contributed by atoms with Crippen LogP contribution in [-0.4, -0.2) is 47.1 Å². The molecule has 2 saturated heterocycles. The monoisotopic (exact) mass is 314 g/mol. The molecule has 2 aromatic heterocycles. The first-order valence-corrected chi connectivity index (χ1v) is 8.31. The average Bonchev–Trinajstić information content (AvgIpc) is 3.20. The third-order valence-electron chi connectivity index (χ3n) is 5.14. The molecule has 23 heavy (non-hydrogen) atoms. The summed E-state index contributed by atoms with van der Waals surface area (Å²) in [4.78, 5) is 19.6. The topological polar surface area (TPSA) is 71.3 Å². The van der Waals surface area contributed by atoms with Crippen LogP contribution in [0.25, 0.3) is 11.1 Å². The smallest absolute Gasteiger partial charge is 0.259 e. The summed E-state index contributed by atoms with van der Waals surface area (Å²) in [5.41, 5.74) is 2.76. The Kier molecular flexibility index (Phi) is 3.37. The summed E-state index contributed by atoms with van der Waals surface area (Å²) in [5, 5.41) is 8.17. The molecule has 6 nitrogen and oxygen atoms in total. The van der Waals surface area contributed by atoms with E-state index in [9.17, 15) is 4.79 Å². The molecule has 1 amide bonds. The number of carbonyl (C=O) groups is 1. The number of nitrogens with zero attached hydrogens (tertiary/aromatic N) is 3. The molecular formula is C17H22N4O2. The maximum Gasteiger partial charge on any atom is 0.259 e. The van der Waals surface area contributed by atoms with Crippen LogP contribution in [0.3, 0.4) is 0 Å². The summed E-state index contributed by atoms with van der Waals surface area (Å²) >= 11 is 0. The summed E-state index contributed by atoms with van der Waals surface area (Å²) in [6.07, 6.45) is 0. The summed E-state index contributed by atoms with van der Waals surface area (Å²) < 4.78 is 5.33. The number of carbonyl (C=O) groups excluding carboxylic acids is 1. The van der Waals surface area contributed by atoms with Crippen molar-refractivity contribution in [3.63, 3.8) is 0 Å².